The zero-order valence-corrected chi connectivity index (χ0v) is 24.8. The number of hydrogen-bond acceptors (Lipinski definition) is 11. The van der Waals surface area contributed by atoms with E-state index in [1.807, 2.05) is 30.3 Å². The number of ketones is 1. The Morgan fingerprint density at radius 3 is 1.89 bits per heavy atom. The Balaban J connectivity index is 1.24. The predicted molar refractivity (Wildman–Crippen MR) is 169 cm³/mol. The Morgan fingerprint density at radius 1 is 0.705 bits per heavy atom. The van der Waals surface area contributed by atoms with Crippen LogP contribution in [0.3, 0.4) is 0 Å². The van der Waals surface area contributed by atoms with Crippen LogP contribution in [0.2, 0.25) is 0 Å². The fraction of sp³-hybridized carbons (Fsp3) is 0.281. The third-order valence-corrected chi connectivity index (χ3v) is 6.24. The Morgan fingerprint density at radius 2 is 1.27 bits per heavy atom. The average Bonchev–Trinajstić information content (AvgIpc) is 3.03. The van der Waals surface area contributed by atoms with Crippen molar-refractivity contribution in [3.63, 3.8) is 0 Å². The molecule has 4 N–H and O–H groups in total. The molecule has 0 atom stereocenters. The maximum Gasteiger partial charge on any atom is 0.253 e. The van der Waals surface area contributed by atoms with E-state index in [4.69, 9.17) is 9.47 Å². The van der Waals surface area contributed by atoms with Gasteiger partial charge in [0.1, 0.15) is 5.75 Å². The van der Waals surface area contributed by atoms with Crippen LogP contribution in [0, 0.1) is 0 Å². The van der Waals surface area contributed by atoms with Crippen molar-refractivity contribution in [2.45, 2.75) is 12.8 Å². The predicted octanol–water partition coefficient (Wildman–Crippen LogP) is 4.87. The van der Waals surface area contributed by atoms with Crippen molar-refractivity contribution < 1.29 is 24.2 Å². The highest BCUT2D eigenvalue weighted by Crippen LogP contribution is 2.21. The second kappa shape index (κ2) is 16.5. The fourth-order valence-electron chi connectivity index (χ4n) is 3.98. The molecule has 12 heteroatoms. The van der Waals surface area contributed by atoms with Crippen LogP contribution >= 0.6 is 0 Å². The summed E-state index contributed by atoms with van der Waals surface area (Å²) in [5.74, 6) is 1.07. The maximum absolute atomic E-state index is 12.2. The smallest absolute Gasteiger partial charge is 0.253 e. The normalized spacial score (nSPS) is 10.7. The summed E-state index contributed by atoms with van der Waals surface area (Å²) >= 11 is 0. The lowest BCUT2D eigenvalue weighted by molar-refractivity contribution is 0.0497. The van der Waals surface area contributed by atoms with E-state index in [-0.39, 0.29) is 29.3 Å². The minimum absolute atomic E-state index is 0.0901. The summed E-state index contributed by atoms with van der Waals surface area (Å²) < 4.78 is 11.2. The average molecular weight is 600 g/mol. The SMILES string of the molecule is CN(C)C(=O)c1ccc(Nc2nc(NCCOCCOCCCC(=O)c3ccccc3)nc(Nc3ccc(O)cc3)n2)cc1. The van der Waals surface area contributed by atoms with Gasteiger partial charge in [-0.3, -0.25) is 9.59 Å². The lowest BCUT2D eigenvalue weighted by Crippen LogP contribution is -2.21. The molecular weight excluding hydrogens is 562 g/mol. The molecule has 1 aromatic heterocycles. The second-order valence-electron chi connectivity index (χ2n) is 9.92. The zero-order chi connectivity index (χ0) is 31.1. The van der Waals surface area contributed by atoms with Crippen LogP contribution in [0.5, 0.6) is 5.75 Å². The summed E-state index contributed by atoms with van der Waals surface area (Å²) in [7, 11) is 3.41. The van der Waals surface area contributed by atoms with Gasteiger partial charge in [0.05, 0.1) is 19.8 Å². The van der Waals surface area contributed by atoms with Crippen molar-refractivity contribution in [3.8, 4) is 5.75 Å². The molecule has 0 unspecified atom stereocenters. The van der Waals surface area contributed by atoms with Crippen molar-refractivity contribution in [2.24, 2.45) is 0 Å². The Hall–Kier alpha value is -5.07. The van der Waals surface area contributed by atoms with Gasteiger partial charge in [-0.1, -0.05) is 30.3 Å². The van der Waals surface area contributed by atoms with Crippen LogP contribution in [0.15, 0.2) is 78.9 Å². The van der Waals surface area contributed by atoms with E-state index in [2.05, 4.69) is 30.9 Å². The molecule has 0 saturated carbocycles. The highest BCUT2D eigenvalue weighted by atomic mass is 16.5. The monoisotopic (exact) mass is 599 g/mol. The van der Waals surface area contributed by atoms with E-state index in [1.54, 1.807) is 62.6 Å². The summed E-state index contributed by atoms with van der Waals surface area (Å²) in [6.07, 6.45) is 1.10. The van der Waals surface area contributed by atoms with Crippen LogP contribution in [-0.2, 0) is 9.47 Å². The number of nitrogens with zero attached hydrogens (tertiary/aromatic N) is 4. The number of nitrogens with one attached hydrogen (secondary N) is 3. The number of aromatic nitrogens is 3. The molecule has 0 fully saturated rings. The number of hydrogen-bond donors (Lipinski definition) is 4. The molecule has 1 heterocycles. The van der Waals surface area contributed by atoms with Gasteiger partial charge in [0.25, 0.3) is 5.91 Å². The first-order valence-electron chi connectivity index (χ1n) is 14.3. The molecular formula is C32H37N7O5. The van der Waals surface area contributed by atoms with Gasteiger partial charge in [-0.15, -0.1) is 0 Å². The minimum Gasteiger partial charge on any atom is -0.508 e. The number of phenolic OH excluding ortho intramolecular Hbond substituents is 1. The number of Topliss-reactive ketones (excluding diaryl/α,β-unsaturated/α-hetero) is 1. The number of carbonyl (C=O) groups is 2. The van der Waals surface area contributed by atoms with E-state index in [1.165, 1.54) is 4.90 Å². The summed E-state index contributed by atoms with van der Waals surface area (Å²) in [6, 6.07) is 22.8. The van der Waals surface area contributed by atoms with Gasteiger partial charge in [0.15, 0.2) is 5.78 Å². The standard InChI is InChI=1S/C32H37N7O5/c1-39(2)29(42)24-10-12-25(13-11-24)34-31-36-30(37-32(38-31)35-26-14-16-27(40)17-15-26)33-18-20-44-22-21-43-19-6-9-28(41)23-7-4-3-5-8-23/h3-5,7-8,10-17,40H,6,9,18-22H2,1-2H3,(H3,33,34,35,36,37,38). The summed E-state index contributed by atoms with van der Waals surface area (Å²) in [5, 5.41) is 19.0. The third-order valence-electron chi connectivity index (χ3n) is 6.24. The molecule has 0 radical (unpaired) electrons. The van der Waals surface area contributed by atoms with E-state index < -0.39 is 0 Å². The largest absolute Gasteiger partial charge is 0.508 e. The molecule has 0 aliphatic heterocycles. The van der Waals surface area contributed by atoms with E-state index in [9.17, 15) is 14.7 Å². The van der Waals surface area contributed by atoms with Gasteiger partial charge in [0.2, 0.25) is 17.8 Å². The highest BCUT2D eigenvalue weighted by Gasteiger charge is 2.10. The number of amides is 1. The molecule has 12 nitrogen and oxygen atoms in total. The Bertz CT molecular complexity index is 1480. The molecule has 0 aliphatic carbocycles. The Labute approximate surface area is 256 Å². The van der Waals surface area contributed by atoms with Gasteiger partial charge in [-0.25, -0.2) is 0 Å². The minimum atomic E-state index is -0.0901. The molecule has 0 saturated heterocycles. The highest BCUT2D eigenvalue weighted by molar-refractivity contribution is 5.96. The van der Waals surface area contributed by atoms with Crippen LogP contribution < -0.4 is 16.0 Å². The van der Waals surface area contributed by atoms with Crippen molar-refractivity contribution in [2.75, 3.05) is 63.0 Å². The van der Waals surface area contributed by atoms with Crippen molar-refractivity contribution in [1.29, 1.82) is 0 Å². The Kier molecular flexibility index (Phi) is 12.0. The number of phenols is 1. The summed E-state index contributed by atoms with van der Waals surface area (Å²) in [6.45, 7) is 2.17. The van der Waals surface area contributed by atoms with Crippen LogP contribution in [0.1, 0.15) is 33.6 Å². The van der Waals surface area contributed by atoms with E-state index in [0.29, 0.717) is 68.7 Å². The van der Waals surface area contributed by atoms with Crippen molar-refractivity contribution in [3.05, 3.63) is 90.0 Å². The quantitative estimate of drug-likeness (QED) is 0.0747. The summed E-state index contributed by atoms with van der Waals surface area (Å²) in [4.78, 5) is 39.2. The number of anilines is 5. The molecule has 0 bridgehead atoms. The van der Waals surface area contributed by atoms with Gasteiger partial charge in [-0.05, 0) is 55.0 Å². The lowest BCUT2D eigenvalue weighted by Gasteiger charge is -2.13. The molecule has 44 heavy (non-hydrogen) atoms. The molecule has 1 amide bonds. The zero-order valence-electron chi connectivity index (χ0n) is 24.8. The second-order valence-corrected chi connectivity index (χ2v) is 9.92. The topological polar surface area (TPSA) is 151 Å². The maximum atomic E-state index is 12.2. The number of benzene rings is 3. The molecule has 0 spiro atoms. The van der Waals surface area contributed by atoms with Crippen LogP contribution in [-0.4, -0.2) is 83.7 Å². The number of carbonyl (C=O) groups excluding carboxylic acids is 2. The van der Waals surface area contributed by atoms with Gasteiger partial charge in [0, 0.05) is 56.2 Å². The van der Waals surface area contributed by atoms with Crippen LogP contribution in [0.25, 0.3) is 0 Å². The van der Waals surface area contributed by atoms with E-state index >= 15 is 0 Å². The third kappa shape index (κ3) is 10.3. The molecule has 4 aromatic rings. The summed E-state index contributed by atoms with van der Waals surface area (Å²) in [5.41, 5.74) is 2.67. The van der Waals surface area contributed by atoms with Gasteiger partial charge < -0.3 is 35.4 Å². The first-order chi connectivity index (χ1) is 21.4. The van der Waals surface area contributed by atoms with Gasteiger partial charge in [-0.2, -0.15) is 15.0 Å². The number of aromatic hydroxyl groups is 1. The van der Waals surface area contributed by atoms with E-state index in [0.717, 1.165) is 5.56 Å². The lowest BCUT2D eigenvalue weighted by atomic mass is 10.1. The first-order valence-corrected chi connectivity index (χ1v) is 14.3. The molecule has 4 rings (SSSR count). The number of ether oxygens (including phenoxy) is 2. The fourth-order valence-corrected chi connectivity index (χ4v) is 3.98. The first kappa shape index (κ1) is 31.9. The molecule has 230 valence electrons. The van der Waals surface area contributed by atoms with Crippen LogP contribution in [0.4, 0.5) is 29.2 Å². The molecule has 3 aromatic carbocycles. The molecule has 0 aliphatic rings. The van der Waals surface area contributed by atoms with Crippen molar-refractivity contribution >= 4 is 40.9 Å². The number of rotatable bonds is 17. The van der Waals surface area contributed by atoms with Crippen molar-refractivity contribution in [1.82, 2.24) is 19.9 Å². The van der Waals surface area contributed by atoms with Gasteiger partial charge >= 0.3 is 0 Å².